The lowest BCUT2D eigenvalue weighted by Gasteiger charge is -2.23. The highest BCUT2D eigenvalue weighted by Gasteiger charge is 2.16. The highest BCUT2D eigenvalue weighted by Crippen LogP contribution is 2.24. The van der Waals surface area contributed by atoms with E-state index in [0.29, 0.717) is 6.54 Å². The molecule has 3 nitrogen and oxygen atoms in total. The normalized spacial score (nSPS) is 12.3. The molecule has 0 aliphatic carbocycles. The maximum absolute atomic E-state index is 11.3. The van der Waals surface area contributed by atoms with Gasteiger partial charge in [-0.05, 0) is 30.7 Å². The molecule has 0 fully saturated rings. The van der Waals surface area contributed by atoms with Gasteiger partial charge in [0.25, 0.3) is 0 Å². The molecule has 20 heavy (non-hydrogen) atoms. The van der Waals surface area contributed by atoms with Crippen molar-refractivity contribution < 1.29 is 4.79 Å². The van der Waals surface area contributed by atoms with Crippen molar-refractivity contribution in [2.45, 2.75) is 19.5 Å². The Morgan fingerprint density at radius 3 is 2.35 bits per heavy atom. The molecule has 2 rings (SSSR count). The molecule has 104 valence electrons. The van der Waals surface area contributed by atoms with E-state index in [0.717, 1.165) is 0 Å². The Balaban J connectivity index is 2.27. The predicted octanol–water partition coefficient (Wildman–Crippen LogP) is 2.66. The first kappa shape index (κ1) is 14.3. The lowest BCUT2D eigenvalue weighted by Crippen LogP contribution is -2.39. The van der Waals surface area contributed by atoms with Crippen molar-refractivity contribution in [1.29, 1.82) is 0 Å². The van der Waals surface area contributed by atoms with Crippen LogP contribution in [0.25, 0.3) is 11.1 Å². The smallest absolute Gasteiger partial charge is 0.234 e. The second-order valence-corrected chi connectivity index (χ2v) is 5.02. The van der Waals surface area contributed by atoms with Gasteiger partial charge in [-0.1, -0.05) is 54.6 Å². The standard InChI is InChI=1S/C17H20N2O/c1-13(17(18)20)19(2)12-15-10-6-7-11-16(15)14-8-4-3-5-9-14/h3-11,13H,12H2,1-2H3,(H2,18,20)/t13-/m0/s1. The van der Waals surface area contributed by atoms with Crippen LogP contribution in [0.1, 0.15) is 12.5 Å². The monoisotopic (exact) mass is 268 g/mol. The van der Waals surface area contributed by atoms with Crippen molar-refractivity contribution in [3.8, 4) is 11.1 Å². The van der Waals surface area contributed by atoms with E-state index in [1.54, 1.807) is 0 Å². The Morgan fingerprint density at radius 1 is 1.10 bits per heavy atom. The first-order chi connectivity index (χ1) is 9.59. The number of amides is 1. The third-order valence-electron chi connectivity index (χ3n) is 3.59. The zero-order valence-electron chi connectivity index (χ0n) is 11.9. The lowest BCUT2D eigenvalue weighted by molar-refractivity contribution is -0.122. The van der Waals surface area contributed by atoms with E-state index in [-0.39, 0.29) is 11.9 Å². The summed E-state index contributed by atoms with van der Waals surface area (Å²) in [5.41, 5.74) is 8.92. The minimum atomic E-state index is -0.301. The van der Waals surface area contributed by atoms with Crippen molar-refractivity contribution in [3.05, 3.63) is 60.2 Å². The van der Waals surface area contributed by atoms with E-state index in [1.165, 1.54) is 16.7 Å². The van der Waals surface area contributed by atoms with Crippen LogP contribution >= 0.6 is 0 Å². The summed E-state index contributed by atoms with van der Waals surface area (Å²) in [6, 6.07) is 18.2. The molecule has 0 heterocycles. The number of carbonyl (C=O) groups excluding carboxylic acids is 1. The molecule has 0 bridgehead atoms. The minimum Gasteiger partial charge on any atom is -0.368 e. The summed E-state index contributed by atoms with van der Waals surface area (Å²) >= 11 is 0. The Hall–Kier alpha value is -2.13. The van der Waals surface area contributed by atoms with Crippen LogP contribution in [0.15, 0.2) is 54.6 Å². The van der Waals surface area contributed by atoms with Crippen molar-refractivity contribution >= 4 is 5.91 Å². The van der Waals surface area contributed by atoms with Gasteiger partial charge in [0, 0.05) is 6.54 Å². The third kappa shape index (κ3) is 3.25. The number of carbonyl (C=O) groups is 1. The average molecular weight is 268 g/mol. The maximum Gasteiger partial charge on any atom is 0.234 e. The van der Waals surface area contributed by atoms with Crippen LogP contribution in [-0.2, 0) is 11.3 Å². The zero-order valence-corrected chi connectivity index (χ0v) is 11.9. The van der Waals surface area contributed by atoms with Gasteiger partial charge >= 0.3 is 0 Å². The summed E-state index contributed by atoms with van der Waals surface area (Å²) in [5, 5.41) is 0. The minimum absolute atomic E-state index is 0.279. The number of primary amides is 1. The van der Waals surface area contributed by atoms with Crippen LogP contribution in [0.4, 0.5) is 0 Å². The average Bonchev–Trinajstić information content (AvgIpc) is 2.47. The summed E-state index contributed by atoms with van der Waals surface area (Å²) < 4.78 is 0. The fraction of sp³-hybridized carbons (Fsp3) is 0.235. The predicted molar refractivity (Wildman–Crippen MR) is 82.0 cm³/mol. The summed E-state index contributed by atoms with van der Waals surface area (Å²) in [6.45, 7) is 2.52. The molecule has 2 aromatic rings. The molecule has 0 spiro atoms. The molecule has 1 atom stereocenters. The molecule has 3 heteroatoms. The maximum atomic E-state index is 11.3. The molecule has 0 aliphatic heterocycles. The van der Waals surface area contributed by atoms with E-state index in [4.69, 9.17) is 5.73 Å². The van der Waals surface area contributed by atoms with E-state index in [1.807, 2.05) is 49.2 Å². The van der Waals surface area contributed by atoms with Gasteiger partial charge in [0.15, 0.2) is 0 Å². The van der Waals surface area contributed by atoms with Crippen molar-refractivity contribution in [2.24, 2.45) is 5.73 Å². The van der Waals surface area contributed by atoms with E-state index >= 15 is 0 Å². The summed E-state index contributed by atoms with van der Waals surface area (Å²) in [4.78, 5) is 13.2. The fourth-order valence-corrected chi connectivity index (χ4v) is 2.18. The van der Waals surface area contributed by atoms with Gasteiger partial charge in [-0.15, -0.1) is 0 Å². The van der Waals surface area contributed by atoms with Crippen LogP contribution in [0.3, 0.4) is 0 Å². The highest BCUT2D eigenvalue weighted by molar-refractivity contribution is 5.79. The Bertz CT molecular complexity index is 581. The number of rotatable bonds is 5. The molecule has 2 N–H and O–H groups in total. The Morgan fingerprint density at radius 2 is 1.70 bits per heavy atom. The molecule has 0 aliphatic rings. The molecule has 0 radical (unpaired) electrons. The Labute approximate surface area is 120 Å². The molecule has 2 aromatic carbocycles. The second kappa shape index (κ2) is 6.35. The molecule has 0 saturated heterocycles. The van der Waals surface area contributed by atoms with Gasteiger partial charge in [0.05, 0.1) is 6.04 Å². The van der Waals surface area contributed by atoms with E-state index < -0.39 is 0 Å². The first-order valence-corrected chi connectivity index (χ1v) is 6.72. The van der Waals surface area contributed by atoms with Gasteiger partial charge in [-0.2, -0.15) is 0 Å². The van der Waals surface area contributed by atoms with Gasteiger partial charge in [-0.25, -0.2) is 0 Å². The SMILES string of the molecule is C[C@@H](C(N)=O)N(C)Cc1ccccc1-c1ccccc1. The topological polar surface area (TPSA) is 46.3 Å². The lowest BCUT2D eigenvalue weighted by atomic mass is 9.99. The zero-order chi connectivity index (χ0) is 14.5. The summed E-state index contributed by atoms with van der Waals surface area (Å²) in [7, 11) is 1.91. The quantitative estimate of drug-likeness (QED) is 0.906. The van der Waals surface area contributed by atoms with Gasteiger partial charge < -0.3 is 5.73 Å². The van der Waals surface area contributed by atoms with E-state index in [9.17, 15) is 4.79 Å². The summed E-state index contributed by atoms with van der Waals surface area (Å²) in [6.07, 6.45) is 0. The van der Waals surface area contributed by atoms with Gasteiger partial charge in [0.1, 0.15) is 0 Å². The van der Waals surface area contributed by atoms with Crippen LogP contribution < -0.4 is 5.73 Å². The largest absolute Gasteiger partial charge is 0.368 e. The number of likely N-dealkylation sites (N-methyl/N-ethyl adjacent to an activating group) is 1. The van der Waals surface area contributed by atoms with Crippen molar-refractivity contribution in [2.75, 3.05) is 7.05 Å². The van der Waals surface area contributed by atoms with Crippen molar-refractivity contribution in [3.63, 3.8) is 0 Å². The van der Waals surface area contributed by atoms with Gasteiger partial charge in [0.2, 0.25) is 5.91 Å². The molecular weight excluding hydrogens is 248 g/mol. The summed E-state index contributed by atoms with van der Waals surface area (Å²) in [5.74, 6) is -0.301. The van der Waals surface area contributed by atoms with Crippen LogP contribution in [0, 0.1) is 0 Å². The number of nitrogens with zero attached hydrogens (tertiary/aromatic N) is 1. The molecule has 0 saturated carbocycles. The van der Waals surface area contributed by atoms with Gasteiger partial charge in [-0.3, -0.25) is 9.69 Å². The number of hydrogen-bond acceptors (Lipinski definition) is 2. The fourth-order valence-electron chi connectivity index (χ4n) is 2.18. The Kier molecular flexibility index (Phi) is 4.53. The third-order valence-corrected chi connectivity index (χ3v) is 3.59. The first-order valence-electron chi connectivity index (χ1n) is 6.72. The molecule has 1 amide bonds. The van der Waals surface area contributed by atoms with Crippen LogP contribution in [0.5, 0.6) is 0 Å². The number of nitrogens with two attached hydrogens (primary N) is 1. The highest BCUT2D eigenvalue weighted by atomic mass is 16.1. The molecular formula is C17H20N2O. The second-order valence-electron chi connectivity index (χ2n) is 5.02. The number of hydrogen-bond donors (Lipinski definition) is 1. The number of benzene rings is 2. The molecule has 0 unspecified atom stereocenters. The van der Waals surface area contributed by atoms with E-state index in [2.05, 4.69) is 24.3 Å². The van der Waals surface area contributed by atoms with Crippen LogP contribution in [0.2, 0.25) is 0 Å². The molecule has 0 aromatic heterocycles. The van der Waals surface area contributed by atoms with Crippen molar-refractivity contribution in [1.82, 2.24) is 4.90 Å². The van der Waals surface area contributed by atoms with Crippen LogP contribution in [-0.4, -0.2) is 23.9 Å².